The highest BCUT2D eigenvalue weighted by Crippen LogP contribution is 2.37. The van der Waals surface area contributed by atoms with E-state index in [4.69, 9.17) is 9.15 Å². The van der Waals surface area contributed by atoms with E-state index in [1.165, 1.54) is 60.7 Å². The van der Waals surface area contributed by atoms with E-state index in [0.29, 0.717) is 56.4 Å². The zero-order chi connectivity index (χ0) is 33.4. The smallest absolute Gasteiger partial charge is 0.361 e. The number of hydrogen-bond donors (Lipinski definition) is 4. The first-order chi connectivity index (χ1) is 23.2. The molecule has 8 nitrogen and oxygen atoms in total. The molecule has 1 aromatic heterocycles. The van der Waals surface area contributed by atoms with Crippen LogP contribution in [0, 0.1) is 0 Å². The molecule has 0 spiro atoms. The molecular formula is C40H26O8. The fourth-order valence-corrected chi connectivity index (χ4v) is 5.31. The summed E-state index contributed by atoms with van der Waals surface area (Å²) >= 11 is 0. The normalized spacial score (nSPS) is 15.0. The average molecular weight is 635 g/mol. The molecule has 7 rings (SSSR count). The minimum absolute atomic E-state index is 0.0129. The van der Waals surface area contributed by atoms with Crippen LogP contribution in [0.1, 0.15) is 16.7 Å². The Morgan fingerprint density at radius 1 is 0.562 bits per heavy atom. The number of benzene rings is 4. The van der Waals surface area contributed by atoms with Crippen molar-refractivity contribution in [2.24, 2.45) is 0 Å². The Balaban J connectivity index is 1.28. The number of carbonyl (C=O) groups is 1. The van der Waals surface area contributed by atoms with Gasteiger partial charge in [-0.3, -0.25) is 4.79 Å². The summed E-state index contributed by atoms with van der Waals surface area (Å²) in [7, 11) is 0. The quantitative estimate of drug-likeness (QED) is 0.112. The number of phenols is 4. The third kappa shape index (κ3) is 6.05. The lowest BCUT2D eigenvalue weighted by Gasteiger charge is -2.29. The second-order valence-corrected chi connectivity index (χ2v) is 11.2. The number of aromatic hydroxyl groups is 4. The van der Waals surface area contributed by atoms with Gasteiger partial charge in [0.1, 0.15) is 34.5 Å². The van der Waals surface area contributed by atoms with Gasteiger partial charge in [0.05, 0.1) is 23.3 Å². The molecular weight excluding hydrogens is 608 g/mol. The highest BCUT2D eigenvalue weighted by molar-refractivity contribution is 6.23. The van der Waals surface area contributed by atoms with Gasteiger partial charge in [-0.05, 0) is 133 Å². The minimum Gasteiger partial charge on any atom is -0.871 e. The summed E-state index contributed by atoms with van der Waals surface area (Å²) in [5, 5.41) is 52.5. The van der Waals surface area contributed by atoms with Crippen LogP contribution < -0.4 is 5.11 Å². The molecule has 4 aromatic carbocycles. The predicted molar refractivity (Wildman–Crippen MR) is 179 cm³/mol. The van der Waals surface area contributed by atoms with Gasteiger partial charge in [-0.2, -0.15) is 0 Å². The van der Waals surface area contributed by atoms with Crippen LogP contribution in [-0.2, 0) is 9.53 Å². The topological polar surface area (TPSA) is 142 Å². The van der Waals surface area contributed by atoms with Gasteiger partial charge in [-0.15, -0.1) is 0 Å². The summed E-state index contributed by atoms with van der Waals surface area (Å²) < 4.78 is 12.3. The molecule has 0 saturated carbocycles. The Labute approximate surface area is 274 Å². The number of rotatable bonds is 6. The van der Waals surface area contributed by atoms with Crippen molar-refractivity contribution in [2.75, 3.05) is 0 Å². The minimum atomic E-state index is -0.420. The second kappa shape index (κ2) is 12.2. The summed E-state index contributed by atoms with van der Waals surface area (Å²) in [4.78, 5) is 13.4. The van der Waals surface area contributed by atoms with E-state index in [9.17, 15) is 30.3 Å². The largest absolute Gasteiger partial charge is 0.871 e. The number of Topliss-reactive ketones (excluding diaryl/α,β-unsaturated/α-hetero) is 1. The molecule has 234 valence electrons. The summed E-state index contributed by atoms with van der Waals surface area (Å²) in [6.07, 6.45) is 6.46. The maximum Gasteiger partial charge on any atom is 0.361 e. The lowest BCUT2D eigenvalue weighted by Crippen LogP contribution is -2.29. The standard InChI is InChI=1S/C40H26O8/c41-29-9-1-25(2-10-29)35-19-23(20-36(47-35)26-3-11-30(42)12-4-26)17-33-39(45)34(40(33)46)18-24-21-37(27-5-13-31(43)14-6-27)48-38(22-24)28-7-15-32(44)16-8-28/h1-22H,(H4-,41,42,43,44,45,46). The van der Waals surface area contributed by atoms with Crippen molar-refractivity contribution >= 4 is 23.4 Å². The third-order valence-corrected chi connectivity index (χ3v) is 7.84. The van der Waals surface area contributed by atoms with Gasteiger partial charge in [0.15, 0.2) is 5.78 Å². The second-order valence-electron chi connectivity index (χ2n) is 11.2. The SMILES string of the molecule is O=C1C(=Cc2cc(-c3ccc(O)cc3)[o+]c(-c3ccc(O)cc3)c2)C([O-])=C1C=C1C=C(c2ccc(O)cc2)OC(c2ccc(O)cc2)=C1. The highest BCUT2D eigenvalue weighted by atomic mass is 16.5. The number of carbonyl (C=O) groups excluding carboxylic acids is 1. The summed E-state index contributed by atoms with van der Waals surface area (Å²) in [5.74, 6) is 1.32. The molecule has 2 heterocycles. The van der Waals surface area contributed by atoms with Crippen molar-refractivity contribution < 1.29 is 39.5 Å². The maximum atomic E-state index is 13.4. The first-order valence-corrected chi connectivity index (χ1v) is 14.9. The Hall–Kier alpha value is -6.80. The summed E-state index contributed by atoms with van der Waals surface area (Å²) in [6.45, 7) is 0. The van der Waals surface area contributed by atoms with Gasteiger partial charge in [0, 0.05) is 22.3 Å². The molecule has 0 atom stereocenters. The molecule has 8 heteroatoms. The van der Waals surface area contributed by atoms with Crippen molar-refractivity contribution in [1.29, 1.82) is 0 Å². The molecule has 0 fully saturated rings. The van der Waals surface area contributed by atoms with Gasteiger partial charge in [0.25, 0.3) is 0 Å². The lowest BCUT2D eigenvalue weighted by molar-refractivity contribution is -0.300. The molecule has 1 aliphatic heterocycles. The summed E-state index contributed by atoms with van der Waals surface area (Å²) in [5.41, 5.74) is 3.80. The van der Waals surface area contributed by atoms with Crippen LogP contribution in [0.15, 0.2) is 154 Å². The van der Waals surface area contributed by atoms with E-state index >= 15 is 0 Å². The Bertz CT molecular complexity index is 2090. The zero-order valence-corrected chi connectivity index (χ0v) is 25.1. The molecule has 2 aliphatic rings. The fraction of sp³-hybridized carbons (Fsp3) is 0. The number of ether oxygens (including phenoxy) is 1. The van der Waals surface area contributed by atoms with Crippen molar-refractivity contribution in [1.82, 2.24) is 0 Å². The first kappa shape index (κ1) is 29.9. The molecule has 0 radical (unpaired) electrons. The van der Waals surface area contributed by atoms with E-state index in [0.717, 1.165) is 0 Å². The molecule has 0 amide bonds. The van der Waals surface area contributed by atoms with E-state index in [-0.39, 0.29) is 34.1 Å². The first-order valence-electron chi connectivity index (χ1n) is 14.9. The van der Waals surface area contributed by atoms with Crippen LogP contribution >= 0.6 is 0 Å². The van der Waals surface area contributed by atoms with Crippen molar-refractivity contribution in [3.63, 3.8) is 0 Å². The highest BCUT2D eigenvalue weighted by Gasteiger charge is 2.28. The summed E-state index contributed by atoms with van der Waals surface area (Å²) in [6, 6.07) is 29.2. The van der Waals surface area contributed by atoms with Crippen molar-refractivity contribution in [2.45, 2.75) is 0 Å². The van der Waals surface area contributed by atoms with Gasteiger partial charge < -0.3 is 30.3 Å². The zero-order valence-electron chi connectivity index (χ0n) is 25.1. The van der Waals surface area contributed by atoms with Crippen LogP contribution in [-0.4, -0.2) is 26.2 Å². The lowest BCUT2D eigenvalue weighted by atomic mass is 9.85. The van der Waals surface area contributed by atoms with Gasteiger partial charge in [-0.1, -0.05) is 5.76 Å². The van der Waals surface area contributed by atoms with E-state index in [2.05, 4.69) is 0 Å². The monoisotopic (exact) mass is 634 g/mol. The van der Waals surface area contributed by atoms with Gasteiger partial charge in [0.2, 0.25) is 0 Å². The van der Waals surface area contributed by atoms with E-state index in [1.54, 1.807) is 72.8 Å². The Morgan fingerprint density at radius 2 is 0.958 bits per heavy atom. The third-order valence-electron chi connectivity index (χ3n) is 7.84. The average Bonchev–Trinajstić information content (AvgIpc) is 3.10. The van der Waals surface area contributed by atoms with Crippen LogP contribution in [0.2, 0.25) is 0 Å². The Kier molecular flexibility index (Phi) is 7.59. The molecule has 4 N–H and O–H groups in total. The van der Waals surface area contributed by atoms with E-state index in [1.807, 2.05) is 0 Å². The predicted octanol–water partition coefficient (Wildman–Crippen LogP) is 7.34. The maximum absolute atomic E-state index is 13.4. The Morgan fingerprint density at radius 3 is 1.35 bits per heavy atom. The van der Waals surface area contributed by atoms with E-state index < -0.39 is 11.5 Å². The molecule has 1 aliphatic carbocycles. The molecule has 48 heavy (non-hydrogen) atoms. The van der Waals surface area contributed by atoms with Gasteiger partial charge >= 0.3 is 11.5 Å². The van der Waals surface area contributed by atoms with Crippen LogP contribution in [0.5, 0.6) is 23.0 Å². The molecule has 0 unspecified atom stereocenters. The van der Waals surface area contributed by atoms with Crippen molar-refractivity contribution in [3.8, 4) is 45.6 Å². The van der Waals surface area contributed by atoms with Crippen LogP contribution in [0.4, 0.5) is 0 Å². The molecule has 0 bridgehead atoms. The van der Waals surface area contributed by atoms with Crippen LogP contribution in [0.3, 0.4) is 0 Å². The number of allylic oxidation sites excluding steroid dienone is 6. The number of ketones is 1. The molecule has 0 saturated heterocycles. The molecule has 5 aromatic rings. The van der Waals surface area contributed by atoms with Crippen LogP contribution in [0.25, 0.3) is 40.2 Å². The number of hydrogen-bond acceptors (Lipinski definition) is 7. The van der Waals surface area contributed by atoms with Crippen molar-refractivity contribution in [3.05, 3.63) is 167 Å². The fourth-order valence-electron chi connectivity index (χ4n) is 5.31. The van der Waals surface area contributed by atoms with Gasteiger partial charge in [-0.25, -0.2) is 4.42 Å². The number of phenolic OH excluding ortho intramolecular Hbond substituents is 4.